The van der Waals surface area contributed by atoms with Crippen molar-refractivity contribution in [3.63, 3.8) is 0 Å². The third kappa shape index (κ3) is 6.42. The molecular weight excluding hydrogens is 386 g/mol. The van der Waals surface area contributed by atoms with Gasteiger partial charge in [-0.05, 0) is 55.7 Å². The Morgan fingerprint density at radius 3 is 2.28 bits per heavy atom. The summed E-state index contributed by atoms with van der Waals surface area (Å²) in [4.78, 5) is 26.8. The SMILES string of the molecule is COc1ccc(NC(=O)CSCC(=O)Nc2ccccc2N2CCCCC2)cc1. The summed E-state index contributed by atoms with van der Waals surface area (Å²) in [5.41, 5.74) is 2.61. The highest BCUT2D eigenvalue weighted by atomic mass is 32.2. The van der Waals surface area contributed by atoms with Crippen molar-refractivity contribution in [1.82, 2.24) is 0 Å². The normalized spacial score (nSPS) is 13.6. The van der Waals surface area contributed by atoms with Gasteiger partial charge in [0, 0.05) is 18.8 Å². The highest BCUT2D eigenvalue weighted by molar-refractivity contribution is 8.00. The van der Waals surface area contributed by atoms with Crippen LogP contribution in [0, 0.1) is 0 Å². The molecule has 154 valence electrons. The monoisotopic (exact) mass is 413 g/mol. The van der Waals surface area contributed by atoms with Gasteiger partial charge in [-0.2, -0.15) is 0 Å². The number of anilines is 3. The van der Waals surface area contributed by atoms with Crippen LogP contribution in [-0.4, -0.2) is 43.5 Å². The van der Waals surface area contributed by atoms with Crippen molar-refractivity contribution in [3.8, 4) is 5.75 Å². The third-order valence-electron chi connectivity index (χ3n) is 4.71. The van der Waals surface area contributed by atoms with Crippen molar-refractivity contribution in [2.45, 2.75) is 19.3 Å². The smallest absolute Gasteiger partial charge is 0.234 e. The zero-order valence-electron chi connectivity index (χ0n) is 16.6. The fourth-order valence-corrected chi connectivity index (χ4v) is 3.90. The summed E-state index contributed by atoms with van der Waals surface area (Å²) in [6.07, 6.45) is 3.63. The molecule has 7 heteroatoms. The van der Waals surface area contributed by atoms with Crippen molar-refractivity contribution in [1.29, 1.82) is 0 Å². The Bertz CT molecular complexity index is 820. The Morgan fingerprint density at radius 1 is 0.931 bits per heavy atom. The lowest BCUT2D eigenvalue weighted by atomic mass is 10.1. The van der Waals surface area contributed by atoms with Gasteiger partial charge in [0.1, 0.15) is 5.75 Å². The fraction of sp³-hybridized carbons (Fsp3) is 0.364. The maximum Gasteiger partial charge on any atom is 0.234 e. The second-order valence-electron chi connectivity index (χ2n) is 6.88. The Labute approximate surface area is 176 Å². The Morgan fingerprint density at radius 2 is 1.59 bits per heavy atom. The maximum absolute atomic E-state index is 12.4. The molecule has 2 N–H and O–H groups in total. The molecule has 29 heavy (non-hydrogen) atoms. The van der Waals surface area contributed by atoms with E-state index in [0.717, 1.165) is 30.2 Å². The molecule has 3 rings (SSSR count). The largest absolute Gasteiger partial charge is 0.497 e. The molecule has 0 unspecified atom stereocenters. The minimum absolute atomic E-state index is 0.100. The van der Waals surface area contributed by atoms with E-state index in [-0.39, 0.29) is 23.3 Å². The first-order valence-electron chi connectivity index (χ1n) is 9.81. The van der Waals surface area contributed by atoms with Crippen molar-refractivity contribution in [2.75, 3.05) is 47.2 Å². The molecule has 0 aromatic heterocycles. The molecule has 2 amide bonds. The van der Waals surface area contributed by atoms with Gasteiger partial charge in [-0.25, -0.2) is 0 Å². The van der Waals surface area contributed by atoms with Crippen molar-refractivity contribution >= 4 is 40.6 Å². The predicted octanol–water partition coefficient (Wildman–Crippen LogP) is 4.00. The fourth-order valence-electron chi connectivity index (χ4n) is 3.28. The summed E-state index contributed by atoms with van der Waals surface area (Å²) >= 11 is 1.29. The second-order valence-corrected chi connectivity index (χ2v) is 7.87. The van der Waals surface area contributed by atoms with Gasteiger partial charge in [-0.15, -0.1) is 11.8 Å². The zero-order chi connectivity index (χ0) is 20.5. The van der Waals surface area contributed by atoms with Gasteiger partial charge in [-0.1, -0.05) is 12.1 Å². The molecule has 0 aliphatic carbocycles. The number of nitrogens with one attached hydrogen (secondary N) is 2. The van der Waals surface area contributed by atoms with Crippen LogP contribution in [0.25, 0.3) is 0 Å². The molecular formula is C22H27N3O3S. The average Bonchev–Trinajstić information content (AvgIpc) is 2.75. The van der Waals surface area contributed by atoms with Gasteiger partial charge in [0.15, 0.2) is 0 Å². The van der Waals surface area contributed by atoms with E-state index in [9.17, 15) is 9.59 Å². The van der Waals surface area contributed by atoms with Crippen LogP contribution in [0.4, 0.5) is 17.1 Å². The predicted molar refractivity (Wildman–Crippen MR) is 120 cm³/mol. The molecule has 0 atom stereocenters. The Kier molecular flexibility index (Phi) is 7.81. The summed E-state index contributed by atoms with van der Waals surface area (Å²) in [5, 5.41) is 5.81. The zero-order valence-corrected chi connectivity index (χ0v) is 17.5. The van der Waals surface area contributed by atoms with Crippen LogP contribution in [0.3, 0.4) is 0 Å². The summed E-state index contributed by atoms with van der Waals surface area (Å²) in [7, 11) is 1.60. The first-order valence-corrected chi connectivity index (χ1v) is 11.0. The molecule has 0 bridgehead atoms. The molecule has 6 nitrogen and oxygen atoms in total. The van der Waals surface area contributed by atoms with Crippen LogP contribution >= 0.6 is 11.8 Å². The van der Waals surface area contributed by atoms with E-state index in [1.807, 2.05) is 18.2 Å². The molecule has 1 saturated heterocycles. The van der Waals surface area contributed by atoms with Crippen LogP contribution in [-0.2, 0) is 9.59 Å². The minimum atomic E-state index is -0.137. The van der Waals surface area contributed by atoms with Crippen molar-refractivity contribution in [2.24, 2.45) is 0 Å². The van der Waals surface area contributed by atoms with Gasteiger partial charge in [0.2, 0.25) is 11.8 Å². The molecule has 2 aromatic carbocycles. The number of methoxy groups -OCH3 is 1. The molecule has 0 spiro atoms. The third-order valence-corrected chi connectivity index (χ3v) is 5.65. The first kappa shape index (κ1) is 21.0. The van der Waals surface area contributed by atoms with E-state index in [0.29, 0.717) is 5.69 Å². The quantitative estimate of drug-likeness (QED) is 0.685. The van der Waals surface area contributed by atoms with Crippen LogP contribution in [0.2, 0.25) is 0 Å². The van der Waals surface area contributed by atoms with Crippen molar-refractivity contribution in [3.05, 3.63) is 48.5 Å². The number of nitrogens with zero attached hydrogens (tertiary/aromatic N) is 1. The Balaban J connectivity index is 1.44. The number of hydrogen-bond acceptors (Lipinski definition) is 5. The second kappa shape index (κ2) is 10.8. The van der Waals surface area contributed by atoms with Gasteiger partial charge >= 0.3 is 0 Å². The lowest BCUT2D eigenvalue weighted by Crippen LogP contribution is -2.30. The van der Waals surface area contributed by atoms with Crippen LogP contribution in [0.15, 0.2) is 48.5 Å². The number of para-hydroxylation sites is 2. The number of piperidine rings is 1. The summed E-state index contributed by atoms with van der Waals surface area (Å²) < 4.78 is 5.10. The Hall–Kier alpha value is -2.67. The molecule has 1 aliphatic rings. The number of thioether (sulfide) groups is 1. The first-order chi connectivity index (χ1) is 14.2. The highest BCUT2D eigenvalue weighted by Crippen LogP contribution is 2.28. The van der Waals surface area contributed by atoms with Gasteiger partial charge in [-0.3, -0.25) is 9.59 Å². The van der Waals surface area contributed by atoms with E-state index in [1.54, 1.807) is 31.4 Å². The molecule has 0 saturated carbocycles. The molecule has 0 radical (unpaired) electrons. The molecule has 1 aliphatic heterocycles. The number of amides is 2. The average molecular weight is 414 g/mol. The molecule has 1 heterocycles. The lowest BCUT2D eigenvalue weighted by Gasteiger charge is -2.30. The topological polar surface area (TPSA) is 70.7 Å². The number of hydrogen-bond donors (Lipinski definition) is 2. The molecule has 2 aromatic rings. The molecule has 1 fully saturated rings. The van der Waals surface area contributed by atoms with Crippen LogP contribution in [0.5, 0.6) is 5.75 Å². The van der Waals surface area contributed by atoms with E-state index in [2.05, 4.69) is 21.6 Å². The standard InChI is InChI=1S/C22H27N3O3S/c1-28-18-11-9-17(10-12-18)23-21(26)15-29-16-22(27)24-19-7-3-4-8-20(19)25-13-5-2-6-14-25/h3-4,7-12H,2,5-6,13-16H2,1H3,(H,23,26)(H,24,27). The summed E-state index contributed by atoms with van der Waals surface area (Å²) in [6, 6.07) is 15.1. The number of ether oxygens (including phenoxy) is 1. The van der Waals surface area contributed by atoms with Crippen LogP contribution in [0.1, 0.15) is 19.3 Å². The summed E-state index contributed by atoms with van der Waals surface area (Å²) in [6.45, 7) is 2.04. The van der Waals surface area contributed by atoms with E-state index in [1.165, 1.54) is 31.0 Å². The lowest BCUT2D eigenvalue weighted by molar-refractivity contribution is -0.114. The number of carbonyl (C=O) groups excluding carboxylic acids is 2. The van der Waals surface area contributed by atoms with E-state index < -0.39 is 0 Å². The number of rotatable bonds is 8. The minimum Gasteiger partial charge on any atom is -0.497 e. The van der Waals surface area contributed by atoms with Crippen LogP contribution < -0.4 is 20.3 Å². The van der Waals surface area contributed by atoms with Gasteiger partial charge in [0.25, 0.3) is 0 Å². The number of benzene rings is 2. The maximum atomic E-state index is 12.4. The van der Waals surface area contributed by atoms with Gasteiger partial charge < -0.3 is 20.3 Å². The van der Waals surface area contributed by atoms with E-state index in [4.69, 9.17) is 4.74 Å². The highest BCUT2D eigenvalue weighted by Gasteiger charge is 2.15. The summed E-state index contributed by atoms with van der Waals surface area (Å²) in [5.74, 6) is 0.940. The number of carbonyl (C=O) groups is 2. The van der Waals surface area contributed by atoms with E-state index >= 15 is 0 Å². The van der Waals surface area contributed by atoms with Crippen molar-refractivity contribution < 1.29 is 14.3 Å². The van der Waals surface area contributed by atoms with Gasteiger partial charge in [0.05, 0.1) is 30.0 Å².